The van der Waals surface area contributed by atoms with Gasteiger partial charge in [-0.2, -0.15) is 0 Å². The molecule has 1 saturated heterocycles. The molecule has 0 spiro atoms. The maximum Gasteiger partial charge on any atom is 0.305 e. The summed E-state index contributed by atoms with van der Waals surface area (Å²) in [7, 11) is 0. The third-order valence-electron chi connectivity index (χ3n) is 4.91. The summed E-state index contributed by atoms with van der Waals surface area (Å²) in [5, 5.41) is 12.3. The summed E-state index contributed by atoms with van der Waals surface area (Å²) in [6.45, 7) is 5.30. The van der Waals surface area contributed by atoms with Gasteiger partial charge in [-0.1, -0.05) is 20.3 Å². The van der Waals surface area contributed by atoms with Crippen LogP contribution >= 0.6 is 0 Å². The van der Waals surface area contributed by atoms with E-state index in [4.69, 9.17) is 4.74 Å². The highest BCUT2D eigenvalue weighted by molar-refractivity contribution is 5.85. The number of carboxylic acids is 1. The minimum absolute atomic E-state index is 0.0140. The SMILES string of the molecule is CC(C)CC1(C(=O)NC2(CC(=O)O)CCOCC2)CCC1. The molecule has 0 atom stereocenters. The molecule has 5 nitrogen and oxygen atoms in total. The molecule has 0 aromatic carbocycles. The molecular formula is C16H27NO4. The zero-order chi connectivity index (χ0) is 15.5. The fourth-order valence-electron chi connectivity index (χ4n) is 3.68. The van der Waals surface area contributed by atoms with Gasteiger partial charge in [0.1, 0.15) is 0 Å². The summed E-state index contributed by atoms with van der Waals surface area (Å²) in [4.78, 5) is 24.0. The Morgan fingerprint density at radius 1 is 1.19 bits per heavy atom. The van der Waals surface area contributed by atoms with Crippen LogP contribution in [0.15, 0.2) is 0 Å². The average Bonchev–Trinajstić information content (AvgIpc) is 2.33. The summed E-state index contributed by atoms with van der Waals surface area (Å²) < 4.78 is 5.33. The minimum Gasteiger partial charge on any atom is -0.481 e. The summed E-state index contributed by atoms with van der Waals surface area (Å²) >= 11 is 0. The van der Waals surface area contributed by atoms with Crippen molar-refractivity contribution >= 4 is 11.9 Å². The van der Waals surface area contributed by atoms with Gasteiger partial charge >= 0.3 is 5.97 Å². The Hall–Kier alpha value is -1.10. The number of aliphatic carboxylic acids is 1. The van der Waals surface area contributed by atoms with E-state index in [-0.39, 0.29) is 17.7 Å². The van der Waals surface area contributed by atoms with Crippen molar-refractivity contribution in [3.63, 3.8) is 0 Å². The van der Waals surface area contributed by atoms with Gasteiger partial charge in [0.25, 0.3) is 0 Å². The number of ether oxygens (including phenoxy) is 1. The number of carbonyl (C=O) groups is 2. The highest BCUT2D eigenvalue weighted by Gasteiger charge is 2.47. The first kappa shape index (κ1) is 16.3. The lowest BCUT2D eigenvalue weighted by Crippen LogP contribution is -2.58. The van der Waals surface area contributed by atoms with E-state index in [1.54, 1.807) is 0 Å². The van der Waals surface area contributed by atoms with Gasteiger partial charge in [-0.3, -0.25) is 9.59 Å². The second-order valence-corrected chi connectivity index (χ2v) is 7.15. The molecule has 1 saturated carbocycles. The zero-order valence-corrected chi connectivity index (χ0v) is 13.1. The first-order valence-electron chi connectivity index (χ1n) is 8.00. The van der Waals surface area contributed by atoms with Gasteiger partial charge in [0.05, 0.1) is 12.0 Å². The van der Waals surface area contributed by atoms with E-state index in [9.17, 15) is 14.7 Å². The smallest absolute Gasteiger partial charge is 0.305 e. The average molecular weight is 297 g/mol. The second kappa shape index (κ2) is 6.34. The first-order chi connectivity index (χ1) is 9.88. The van der Waals surface area contributed by atoms with E-state index < -0.39 is 11.5 Å². The number of nitrogens with one attached hydrogen (secondary N) is 1. The lowest BCUT2D eigenvalue weighted by molar-refractivity contribution is -0.144. The van der Waals surface area contributed by atoms with E-state index in [1.807, 2.05) is 0 Å². The molecule has 120 valence electrons. The van der Waals surface area contributed by atoms with Crippen molar-refractivity contribution in [1.82, 2.24) is 5.32 Å². The summed E-state index contributed by atoms with van der Waals surface area (Å²) in [6.07, 6.45) is 4.99. The maximum atomic E-state index is 12.8. The fraction of sp³-hybridized carbons (Fsp3) is 0.875. The molecule has 2 rings (SSSR count). The van der Waals surface area contributed by atoms with Crippen LogP contribution in [0, 0.1) is 11.3 Å². The van der Waals surface area contributed by atoms with Crippen LogP contribution in [-0.2, 0) is 14.3 Å². The third-order valence-corrected chi connectivity index (χ3v) is 4.91. The van der Waals surface area contributed by atoms with Gasteiger partial charge < -0.3 is 15.2 Å². The number of amides is 1. The van der Waals surface area contributed by atoms with Crippen molar-refractivity contribution in [1.29, 1.82) is 0 Å². The Labute approximate surface area is 126 Å². The second-order valence-electron chi connectivity index (χ2n) is 7.15. The molecule has 5 heteroatoms. The molecule has 1 heterocycles. The van der Waals surface area contributed by atoms with Crippen LogP contribution in [0.4, 0.5) is 0 Å². The van der Waals surface area contributed by atoms with E-state index in [1.165, 1.54) is 0 Å². The topological polar surface area (TPSA) is 75.6 Å². The number of carbonyl (C=O) groups excluding carboxylic acids is 1. The van der Waals surface area contributed by atoms with E-state index in [0.29, 0.717) is 32.0 Å². The van der Waals surface area contributed by atoms with Crippen molar-refractivity contribution in [2.24, 2.45) is 11.3 Å². The number of rotatable bonds is 6. The predicted octanol–water partition coefficient (Wildman–Crippen LogP) is 2.34. The van der Waals surface area contributed by atoms with Crippen LogP contribution in [-0.4, -0.2) is 35.7 Å². The van der Waals surface area contributed by atoms with Crippen molar-refractivity contribution in [2.75, 3.05) is 13.2 Å². The van der Waals surface area contributed by atoms with Crippen LogP contribution in [0.5, 0.6) is 0 Å². The van der Waals surface area contributed by atoms with Crippen molar-refractivity contribution < 1.29 is 19.4 Å². The minimum atomic E-state index is -0.858. The summed E-state index contributed by atoms with van der Waals surface area (Å²) in [6, 6.07) is 0. The molecule has 2 N–H and O–H groups in total. The van der Waals surface area contributed by atoms with Gasteiger partial charge in [-0.15, -0.1) is 0 Å². The van der Waals surface area contributed by atoms with E-state index >= 15 is 0 Å². The van der Waals surface area contributed by atoms with Crippen LogP contribution in [0.1, 0.15) is 58.8 Å². The van der Waals surface area contributed by atoms with Crippen LogP contribution in [0.25, 0.3) is 0 Å². The molecule has 0 aromatic heterocycles. The summed E-state index contributed by atoms with van der Waals surface area (Å²) in [5.41, 5.74) is -0.890. The first-order valence-corrected chi connectivity index (χ1v) is 8.00. The molecule has 0 bridgehead atoms. The highest BCUT2D eigenvalue weighted by Crippen LogP contribution is 2.46. The van der Waals surface area contributed by atoms with Gasteiger partial charge in [0, 0.05) is 18.6 Å². The Morgan fingerprint density at radius 2 is 1.81 bits per heavy atom. The monoisotopic (exact) mass is 297 g/mol. The lowest BCUT2D eigenvalue weighted by atomic mass is 9.63. The molecule has 1 aliphatic heterocycles. The van der Waals surface area contributed by atoms with Crippen molar-refractivity contribution in [2.45, 2.75) is 64.3 Å². The van der Waals surface area contributed by atoms with Crippen molar-refractivity contribution in [3.8, 4) is 0 Å². The Bertz CT molecular complexity index is 395. The van der Waals surface area contributed by atoms with Crippen LogP contribution in [0.2, 0.25) is 0 Å². The largest absolute Gasteiger partial charge is 0.481 e. The Balaban J connectivity index is 2.08. The molecule has 2 fully saturated rings. The predicted molar refractivity (Wildman–Crippen MR) is 78.9 cm³/mol. The number of hydrogen-bond donors (Lipinski definition) is 2. The quantitative estimate of drug-likeness (QED) is 0.789. The van der Waals surface area contributed by atoms with Gasteiger partial charge in [-0.25, -0.2) is 0 Å². The number of hydrogen-bond acceptors (Lipinski definition) is 3. The molecule has 0 aromatic rings. The normalized spacial score (nSPS) is 23.4. The summed E-state index contributed by atoms with van der Waals surface area (Å²) in [5.74, 6) is -0.324. The molecular weight excluding hydrogens is 270 g/mol. The van der Waals surface area contributed by atoms with Gasteiger partial charge in [0.15, 0.2) is 0 Å². The van der Waals surface area contributed by atoms with Gasteiger partial charge in [0.2, 0.25) is 5.91 Å². The van der Waals surface area contributed by atoms with Crippen molar-refractivity contribution in [3.05, 3.63) is 0 Å². The molecule has 1 amide bonds. The highest BCUT2D eigenvalue weighted by atomic mass is 16.5. The number of carboxylic acid groups (broad SMARTS) is 1. The van der Waals surface area contributed by atoms with Crippen LogP contribution in [0.3, 0.4) is 0 Å². The molecule has 1 aliphatic carbocycles. The fourth-order valence-corrected chi connectivity index (χ4v) is 3.68. The zero-order valence-electron chi connectivity index (χ0n) is 13.1. The molecule has 0 radical (unpaired) electrons. The third kappa shape index (κ3) is 3.76. The maximum absolute atomic E-state index is 12.8. The van der Waals surface area contributed by atoms with Crippen LogP contribution < -0.4 is 5.32 Å². The van der Waals surface area contributed by atoms with E-state index in [0.717, 1.165) is 25.7 Å². The standard InChI is InChI=1S/C16H27NO4/c1-12(2)10-15(4-3-5-15)14(20)17-16(11-13(18)19)6-8-21-9-7-16/h12H,3-11H2,1-2H3,(H,17,20)(H,18,19). The Morgan fingerprint density at radius 3 is 2.24 bits per heavy atom. The van der Waals surface area contributed by atoms with E-state index in [2.05, 4.69) is 19.2 Å². The Kier molecular flexibility index (Phi) is 4.91. The lowest BCUT2D eigenvalue weighted by Gasteiger charge is -2.45. The molecule has 0 unspecified atom stereocenters. The molecule has 21 heavy (non-hydrogen) atoms. The molecule has 2 aliphatic rings. The van der Waals surface area contributed by atoms with Gasteiger partial charge in [-0.05, 0) is 38.0 Å².